The van der Waals surface area contributed by atoms with E-state index in [1.165, 1.54) is 11.1 Å². The number of hydrogen-bond donors (Lipinski definition) is 1. The maximum Gasteiger partial charge on any atom is 0.354 e. The third kappa shape index (κ3) is 2.67. The van der Waals surface area contributed by atoms with Crippen LogP contribution in [0.5, 0.6) is 0 Å². The summed E-state index contributed by atoms with van der Waals surface area (Å²) in [6, 6.07) is 8.42. The molecule has 3 heteroatoms. The monoisotopic (exact) mass is 243 g/mol. The van der Waals surface area contributed by atoms with Crippen LogP contribution in [-0.2, 0) is 4.79 Å². The number of dihydropyridines is 1. The molecular weight excluding hydrogens is 226 g/mol. The van der Waals surface area contributed by atoms with Gasteiger partial charge >= 0.3 is 5.97 Å². The highest BCUT2D eigenvalue weighted by atomic mass is 16.4. The lowest BCUT2D eigenvalue weighted by Crippen LogP contribution is -2.16. The van der Waals surface area contributed by atoms with Gasteiger partial charge in [-0.25, -0.2) is 4.79 Å². The van der Waals surface area contributed by atoms with Crippen LogP contribution in [-0.4, -0.2) is 23.3 Å². The zero-order valence-corrected chi connectivity index (χ0v) is 10.6. The lowest BCUT2D eigenvalue weighted by molar-refractivity contribution is -0.129. The molecule has 0 amide bonds. The number of carboxylic acid groups (broad SMARTS) is 1. The van der Waals surface area contributed by atoms with Gasteiger partial charge in [0.1, 0.15) is 5.71 Å². The quantitative estimate of drug-likeness (QED) is 0.887. The van der Waals surface area contributed by atoms with Crippen molar-refractivity contribution in [2.45, 2.75) is 25.7 Å². The number of nitrogens with zero attached hydrogens (tertiary/aromatic N) is 1. The molecule has 2 rings (SSSR count). The van der Waals surface area contributed by atoms with E-state index < -0.39 is 5.97 Å². The minimum Gasteiger partial charge on any atom is -0.477 e. The van der Waals surface area contributed by atoms with Gasteiger partial charge in [0.25, 0.3) is 0 Å². The summed E-state index contributed by atoms with van der Waals surface area (Å²) in [6.45, 7) is 4.84. The fourth-order valence-electron chi connectivity index (χ4n) is 2.02. The van der Waals surface area contributed by atoms with Crippen LogP contribution in [0, 0.1) is 0 Å². The average Bonchev–Trinajstić information content (AvgIpc) is 2.39. The number of aliphatic carboxylic acids is 1. The van der Waals surface area contributed by atoms with Crippen LogP contribution in [0.15, 0.2) is 41.4 Å². The lowest BCUT2D eigenvalue weighted by atomic mass is 9.92. The lowest BCUT2D eigenvalue weighted by Gasteiger charge is -2.16. The van der Waals surface area contributed by atoms with Crippen LogP contribution in [0.25, 0.3) is 0 Å². The molecule has 0 spiro atoms. The van der Waals surface area contributed by atoms with Gasteiger partial charge in [-0.05, 0) is 23.1 Å². The molecule has 0 fully saturated rings. The van der Waals surface area contributed by atoms with Gasteiger partial charge in [-0.15, -0.1) is 0 Å². The van der Waals surface area contributed by atoms with Crippen LogP contribution in [0.3, 0.4) is 0 Å². The third-order valence-corrected chi connectivity index (χ3v) is 3.17. The molecule has 0 aliphatic carbocycles. The molecule has 0 bridgehead atoms. The molecule has 1 atom stereocenters. The van der Waals surface area contributed by atoms with E-state index in [0.717, 1.165) is 0 Å². The molecule has 1 heterocycles. The summed E-state index contributed by atoms with van der Waals surface area (Å²) in [4.78, 5) is 14.9. The largest absolute Gasteiger partial charge is 0.477 e. The summed E-state index contributed by atoms with van der Waals surface area (Å²) in [5.74, 6) is -0.275. The van der Waals surface area contributed by atoms with Crippen molar-refractivity contribution in [2.24, 2.45) is 4.99 Å². The predicted molar refractivity (Wildman–Crippen MR) is 72.3 cm³/mol. The van der Waals surface area contributed by atoms with Crippen molar-refractivity contribution < 1.29 is 9.90 Å². The van der Waals surface area contributed by atoms with Gasteiger partial charge < -0.3 is 5.11 Å². The van der Waals surface area contributed by atoms with Gasteiger partial charge in [0.05, 0.1) is 6.54 Å². The predicted octanol–water partition coefficient (Wildman–Crippen LogP) is 2.99. The van der Waals surface area contributed by atoms with E-state index in [1.807, 2.05) is 6.08 Å². The molecule has 1 N–H and O–H groups in total. The SMILES string of the molecule is CC(C)c1cccc(C2C=CC(C(=O)O)=NC2)c1. The van der Waals surface area contributed by atoms with Crippen molar-refractivity contribution >= 4 is 11.7 Å². The molecule has 3 nitrogen and oxygen atoms in total. The fourth-order valence-corrected chi connectivity index (χ4v) is 2.02. The second kappa shape index (κ2) is 5.17. The Morgan fingerprint density at radius 3 is 2.78 bits per heavy atom. The molecule has 18 heavy (non-hydrogen) atoms. The van der Waals surface area contributed by atoms with Crippen LogP contribution in [0.4, 0.5) is 0 Å². The van der Waals surface area contributed by atoms with E-state index in [-0.39, 0.29) is 11.6 Å². The molecule has 1 unspecified atom stereocenters. The Morgan fingerprint density at radius 2 is 2.22 bits per heavy atom. The number of benzene rings is 1. The molecule has 0 radical (unpaired) electrons. The van der Waals surface area contributed by atoms with Gasteiger partial charge in [-0.1, -0.05) is 44.2 Å². The van der Waals surface area contributed by atoms with E-state index >= 15 is 0 Å². The van der Waals surface area contributed by atoms with Crippen molar-refractivity contribution in [1.29, 1.82) is 0 Å². The number of carbonyl (C=O) groups is 1. The Hall–Kier alpha value is -1.90. The van der Waals surface area contributed by atoms with E-state index in [9.17, 15) is 4.79 Å². The van der Waals surface area contributed by atoms with Crippen LogP contribution >= 0.6 is 0 Å². The second-order valence-corrected chi connectivity index (χ2v) is 4.82. The summed E-state index contributed by atoms with van der Waals surface area (Å²) in [5, 5.41) is 8.83. The minimum absolute atomic E-state index is 0.145. The average molecular weight is 243 g/mol. The van der Waals surface area contributed by atoms with Crippen LogP contribution < -0.4 is 0 Å². The minimum atomic E-state index is -0.958. The smallest absolute Gasteiger partial charge is 0.354 e. The van der Waals surface area contributed by atoms with E-state index in [4.69, 9.17) is 5.11 Å². The third-order valence-electron chi connectivity index (χ3n) is 3.17. The highest BCUT2D eigenvalue weighted by Gasteiger charge is 2.16. The van der Waals surface area contributed by atoms with Crippen molar-refractivity contribution in [3.05, 3.63) is 47.5 Å². The molecular formula is C15H17NO2. The standard InChI is InChI=1S/C15H17NO2/c1-10(2)11-4-3-5-12(8-11)13-6-7-14(15(17)18)16-9-13/h3-8,10,13H,9H2,1-2H3,(H,17,18). The van der Waals surface area contributed by atoms with E-state index in [1.54, 1.807) is 6.08 Å². The first kappa shape index (κ1) is 12.6. The first-order valence-electron chi connectivity index (χ1n) is 6.13. The van der Waals surface area contributed by atoms with Crippen molar-refractivity contribution in [1.82, 2.24) is 0 Å². The summed E-state index contributed by atoms with van der Waals surface area (Å²) in [6.07, 6.45) is 3.52. The molecule has 94 valence electrons. The van der Waals surface area contributed by atoms with Gasteiger partial charge in [0.15, 0.2) is 0 Å². The highest BCUT2D eigenvalue weighted by Crippen LogP contribution is 2.24. The summed E-state index contributed by atoms with van der Waals surface area (Å²) >= 11 is 0. The van der Waals surface area contributed by atoms with Crippen LogP contribution in [0.2, 0.25) is 0 Å². The van der Waals surface area contributed by atoms with Crippen molar-refractivity contribution in [2.75, 3.05) is 6.54 Å². The number of rotatable bonds is 3. The molecule has 0 aromatic heterocycles. The zero-order chi connectivity index (χ0) is 13.1. The zero-order valence-electron chi connectivity index (χ0n) is 10.6. The first-order chi connectivity index (χ1) is 8.58. The molecule has 0 saturated carbocycles. The number of carboxylic acids is 1. The van der Waals surface area contributed by atoms with E-state index in [2.05, 4.69) is 43.1 Å². The Kier molecular flexibility index (Phi) is 3.60. The first-order valence-corrected chi connectivity index (χ1v) is 6.13. The Labute approximate surface area is 107 Å². The van der Waals surface area contributed by atoms with E-state index in [0.29, 0.717) is 12.5 Å². The van der Waals surface area contributed by atoms with Gasteiger partial charge in [-0.3, -0.25) is 4.99 Å². The number of aliphatic imine (C=N–C) groups is 1. The maximum absolute atomic E-state index is 10.8. The fraction of sp³-hybridized carbons (Fsp3) is 0.333. The summed E-state index contributed by atoms with van der Waals surface area (Å²) in [5.41, 5.74) is 2.64. The van der Waals surface area contributed by atoms with Crippen LogP contribution in [0.1, 0.15) is 36.8 Å². The van der Waals surface area contributed by atoms with Gasteiger partial charge in [-0.2, -0.15) is 0 Å². The Morgan fingerprint density at radius 1 is 1.44 bits per heavy atom. The Bertz CT molecular complexity index is 515. The summed E-state index contributed by atoms with van der Waals surface area (Å²) in [7, 11) is 0. The summed E-state index contributed by atoms with van der Waals surface area (Å²) < 4.78 is 0. The maximum atomic E-state index is 10.8. The van der Waals surface area contributed by atoms with Gasteiger partial charge in [0.2, 0.25) is 0 Å². The van der Waals surface area contributed by atoms with Crippen molar-refractivity contribution in [3.63, 3.8) is 0 Å². The van der Waals surface area contributed by atoms with Crippen molar-refractivity contribution in [3.8, 4) is 0 Å². The molecule has 1 aromatic rings. The second-order valence-electron chi connectivity index (χ2n) is 4.82. The van der Waals surface area contributed by atoms with Gasteiger partial charge in [0, 0.05) is 5.92 Å². The molecule has 0 saturated heterocycles. The molecule has 1 aliphatic heterocycles. The molecule has 1 aromatic carbocycles. The topological polar surface area (TPSA) is 49.7 Å². The number of hydrogen-bond acceptors (Lipinski definition) is 2. The highest BCUT2D eigenvalue weighted by molar-refractivity contribution is 6.40. The normalized spacial score (nSPS) is 18.8. The Balaban J connectivity index is 2.18. The molecule has 1 aliphatic rings.